The largest absolute Gasteiger partial charge is 0.100 e. The maximum Gasteiger partial charge on any atom is 0.0163 e. The molecular weight excluding hydrogens is 343 g/mol. The SMILES string of the molecule is C=C(C)C[C]1[P][C](C/C(C)=C\C[C]2[C](C)[C](C)[C](C)[C]2C)[C]2CCCC[C]12. The lowest BCUT2D eigenvalue weighted by Gasteiger charge is -2.29. The van der Waals surface area contributed by atoms with E-state index in [4.69, 9.17) is 0 Å². The second kappa shape index (κ2) is 9.15. The average Bonchev–Trinajstić information content (AvgIpc) is 3.05. The Hall–Kier alpha value is -0.0900. The number of hydrogen-bond donors (Lipinski definition) is 0. The summed E-state index contributed by atoms with van der Waals surface area (Å²) in [5.74, 6) is 10.9. The van der Waals surface area contributed by atoms with Crippen molar-refractivity contribution in [3.63, 3.8) is 0 Å². The van der Waals surface area contributed by atoms with Gasteiger partial charge in [0.15, 0.2) is 0 Å². The molecule has 0 aromatic heterocycles. The van der Waals surface area contributed by atoms with Gasteiger partial charge >= 0.3 is 0 Å². The fourth-order valence-electron chi connectivity index (χ4n) is 4.63. The zero-order chi connectivity index (χ0) is 19.7. The van der Waals surface area contributed by atoms with Gasteiger partial charge in [-0.1, -0.05) is 66.3 Å². The maximum absolute atomic E-state index is 4.16. The standard InChI is InChI=1S/C26H35P/c1-16(2)14-25-23-10-8-9-11-24(23)26(27-25)15-17(3)12-13-22-20(6)18(4)19(5)21(22)7/h12H,1,8-11,13-15H2,2-7H3/b17-12-. The molecule has 2 aliphatic carbocycles. The van der Waals surface area contributed by atoms with Crippen LogP contribution in [0.4, 0.5) is 0 Å². The molecule has 144 valence electrons. The van der Waals surface area contributed by atoms with Crippen molar-refractivity contribution in [3.8, 4) is 0 Å². The van der Waals surface area contributed by atoms with Crippen molar-refractivity contribution in [2.24, 2.45) is 0 Å². The molecule has 1 heterocycles. The van der Waals surface area contributed by atoms with Crippen LogP contribution in [0.5, 0.6) is 0 Å². The third-order valence-electron chi connectivity index (χ3n) is 6.60. The fourth-order valence-corrected chi connectivity index (χ4v) is 6.40. The Balaban J connectivity index is 1.60. The Morgan fingerprint density at radius 2 is 1.37 bits per heavy atom. The minimum absolute atomic E-state index is 1.08. The first kappa shape index (κ1) is 21.6. The van der Waals surface area contributed by atoms with E-state index in [1.54, 1.807) is 29.1 Å². The molecule has 27 heavy (non-hydrogen) atoms. The van der Waals surface area contributed by atoms with Crippen LogP contribution in [0.15, 0.2) is 23.8 Å². The van der Waals surface area contributed by atoms with Crippen molar-refractivity contribution in [1.82, 2.24) is 0 Å². The highest BCUT2D eigenvalue weighted by atomic mass is 31.1. The quantitative estimate of drug-likeness (QED) is 0.321. The molecule has 0 aromatic carbocycles. The molecule has 3 fully saturated rings. The lowest BCUT2D eigenvalue weighted by atomic mass is 9.74. The Morgan fingerprint density at radius 3 is 1.89 bits per heavy atom. The summed E-state index contributed by atoms with van der Waals surface area (Å²) in [6.07, 6.45) is 11.1. The van der Waals surface area contributed by atoms with Gasteiger partial charge in [-0.3, -0.25) is 0 Å². The van der Waals surface area contributed by atoms with Crippen LogP contribution in [0.25, 0.3) is 0 Å². The Labute approximate surface area is 171 Å². The van der Waals surface area contributed by atoms with Crippen LogP contribution in [0, 0.1) is 52.7 Å². The van der Waals surface area contributed by atoms with Gasteiger partial charge in [0.05, 0.1) is 0 Å². The summed E-state index contributed by atoms with van der Waals surface area (Å²) in [5, 5.41) is 0. The lowest BCUT2D eigenvalue weighted by Crippen LogP contribution is -2.17. The average molecular weight is 379 g/mol. The summed E-state index contributed by atoms with van der Waals surface area (Å²) in [5.41, 5.74) is 6.16. The number of hydrogen-bond acceptors (Lipinski definition) is 0. The molecule has 10 radical (unpaired) electrons. The third-order valence-corrected chi connectivity index (χ3v) is 7.99. The highest BCUT2D eigenvalue weighted by Crippen LogP contribution is 2.67. The molecule has 0 nitrogen and oxygen atoms in total. The normalized spacial score (nSPS) is 28.0. The van der Waals surface area contributed by atoms with E-state index in [-0.39, 0.29) is 0 Å². The second-order valence-electron chi connectivity index (χ2n) is 8.71. The Kier molecular flexibility index (Phi) is 7.33. The molecule has 3 aliphatic rings. The van der Waals surface area contributed by atoms with Crippen molar-refractivity contribution in [3.05, 3.63) is 76.5 Å². The van der Waals surface area contributed by atoms with E-state index < -0.39 is 0 Å². The fraction of sp³-hybridized carbons (Fsp3) is 0.500. The van der Waals surface area contributed by atoms with E-state index >= 15 is 0 Å². The summed E-state index contributed by atoms with van der Waals surface area (Å²) < 4.78 is 0. The highest BCUT2D eigenvalue weighted by molar-refractivity contribution is 7.47. The van der Waals surface area contributed by atoms with Crippen LogP contribution < -0.4 is 0 Å². The topological polar surface area (TPSA) is 0 Å². The van der Waals surface area contributed by atoms with Gasteiger partial charge in [0.1, 0.15) is 0 Å². The van der Waals surface area contributed by atoms with Crippen LogP contribution >= 0.6 is 8.58 Å². The summed E-state index contributed by atoms with van der Waals surface area (Å²) >= 11 is 0. The molecule has 0 bridgehead atoms. The molecule has 0 spiro atoms. The summed E-state index contributed by atoms with van der Waals surface area (Å²) in [6, 6.07) is 0. The van der Waals surface area contributed by atoms with Gasteiger partial charge < -0.3 is 0 Å². The number of fused-ring (bicyclic) bond motifs is 1. The Morgan fingerprint density at radius 1 is 0.852 bits per heavy atom. The zero-order valence-electron chi connectivity index (χ0n) is 18.2. The van der Waals surface area contributed by atoms with Gasteiger partial charge in [-0.05, 0) is 87.4 Å². The maximum atomic E-state index is 4.16. The first-order chi connectivity index (χ1) is 12.8. The van der Waals surface area contributed by atoms with E-state index in [0.717, 1.165) is 19.3 Å². The van der Waals surface area contributed by atoms with Gasteiger partial charge in [-0.25, -0.2) is 0 Å². The van der Waals surface area contributed by atoms with Crippen LogP contribution in [-0.2, 0) is 0 Å². The van der Waals surface area contributed by atoms with Crippen LogP contribution in [0.1, 0.15) is 86.5 Å². The molecular formula is C26H35P. The third kappa shape index (κ3) is 4.74. The molecule has 0 N–H and O–H groups in total. The molecule has 1 aliphatic heterocycles. The van der Waals surface area contributed by atoms with Crippen molar-refractivity contribution < 1.29 is 0 Å². The minimum Gasteiger partial charge on any atom is -0.100 e. The molecule has 0 unspecified atom stereocenters. The van der Waals surface area contributed by atoms with E-state index in [2.05, 4.69) is 54.2 Å². The van der Waals surface area contributed by atoms with Crippen molar-refractivity contribution in [1.29, 1.82) is 0 Å². The van der Waals surface area contributed by atoms with Gasteiger partial charge in [0.2, 0.25) is 0 Å². The van der Waals surface area contributed by atoms with Gasteiger partial charge in [-0.15, -0.1) is 6.58 Å². The molecule has 0 amide bonds. The van der Waals surface area contributed by atoms with E-state index in [1.165, 1.54) is 69.1 Å². The first-order valence-electron chi connectivity index (χ1n) is 10.5. The minimum atomic E-state index is 1.08. The molecule has 0 atom stereocenters. The molecule has 2 saturated carbocycles. The Bertz CT molecular complexity index is 532. The molecule has 1 heteroatoms. The van der Waals surface area contributed by atoms with Crippen LogP contribution in [0.2, 0.25) is 0 Å². The monoisotopic (exact) mass is 378 g/mol. The molecule has 1 saturated heterocycles. The lowest BCUT2D eigenvalue weighted by molar-refractivity contribution is 0.574. The second-order valence-corrected chi connectivity index (χ2v) is 10.0. The van der Waals surface area contributed by atoms with Crippen molar-refractivity contribution >= 4 is 8.58 Å². The van der Waals surface area contributed by atoms with Crippen molar-refractivity contribution in [2.75, 3.05) is 0 Å². The summed E-state index contributed by atoms with van der Waals surface area (Å²) in [4.78, 5) is 0. The van der Waals surface area contributed by atoms with Gasteiger partial charge in [0.25, 0.3) is 0 Å². The highest BCUT2D eigenvalue weighted by Gasteiger charge is 2.46. The van der Waals surface area contributed by atoms with Crippen LogP contribution in [-0.4, -0.2) is 0 Å². The van der Waals surface area contributed by atoms with Gasteiger partial charge in [0, 0.05) is 11.3 Å². The van der Waals surface area contributed by atoms with Crippen LogP contribution in [0.3, 0.4) is 0 Å². The molecule has 3 rings (SSSR count). The predicted octanol–water partition coefficient (Wildman–Crippen LogP) is 8.39. The summed E-state index contributed by atoms with van der Waals surface area (Å²) in [7, 11) is 1.49. The molecule has 0 aromatic rings. The van der Waals surface area contributed by atoms with E-state index in [9.17, 15) is 0 Å². The first-order valence-corrected chi connectivity index (χ1v) is 11.4. The number of allylic oxidation sites excluding steroid dienone is 3. The summed E-state index contributed by atoms with van der Waals surface area (Å²) in [6.45, 7) is 17.8. The van der Waals surface area contributed by atoms with E-state index in [1.807, 2.05) is 0 Å². The zero-order valence-corrected chi connectivity index (χ0v) is 19.1. The smallest absolute Gasteiger partial charge is 0.0163 e. The van der Waals surface area contributed by atoms with Crippen molar-refractivity contribution in [2.45, 2.75) is 86.5 Å². The van der Waals surface area contributed by atoms with Gasteiger partial charge in [-0.2, -0.15) is 0 Å². The number of rotatable bonds is 6. The van der Waals surface area contributed by atoms with E-state index in [0.29, 0.717) is 0 Å². The predicted molar refractivity (Wildman–Crippen MR) is 120 cm³/mol.